The monoisotopic (exact) mass is 417 g/mol. The third kappa shape index (κ3) is 5.29. The second-order valence-electron chi connectivity index (χ2n) is 7.80. The molecule has 0 unspecified atom stereocenters. The maximum atomic E-state index is 12.8. The molecule has 3 rings (SSSR count). The average Bonchev–Trinajstić information content (AvgIpc) is 2.67. The molecule has 0 bridgehead atoms. The number of carbonyl (C=O) groups excluding carboxylic acids is 1. The summed E-state index contributed by atoms with van der Waals surface area (Å²) in [6, 6.07) is 11.1. The van der Waals surface area contributed by atoms with Gasteiger partial charge in [0.05, 0.1) is 17.1 Å². The predicted molar refractivity (Wildman–Crippen MR) is 112 cm³/mol. The van der Waals surface area contributed by atoms with Crippen molar-refractivity contribution in [2.75, 3.05) is 11.3 Å². The number of sulfonamides is 1. The molecule has 1 aliphatic rings. The van der Waals surface area contributed by atoms with E-state index in [1.165, 1.54) is 0 Å². The molecule has 1 N–H and O–H groups in total. The number of esters is 1. The maximum Gasteiger partial charge on any atom is 0.338 e. The normalized spacial score (nSPS) is 15.1. The lowest BCUT2D eigenvalue weighted by Gasteiger charge is -2.32. The van der Waals surface area contributed by atoms with Gasteiger partial charge >= 0.3 is 5.97 Å². The first-order chi connectivity index (χ1) is 13.7. The van der Waals surface area contributed by atoms with Crippen LogP contribution in [0.3, 0.4) is 0 Å². The molecule has 0 aromatic heterocycles. The highest BCUT2D eigenvalue weighted by atomic mass is 32.2. The Hall–Kier alpha value is -2.54. The molecule has 0 saturated carbocycles. The molecule has 0 spiro atoms. The van der Waals surface area contributed by atoms with Gasteiger partial charge in [-0.1, -0.05) is 13.3 Å². The molecule has 1 heterocycles. The lowest BCUT2D eigenvalue weighted by Crippen LogP contribution is -2.32. The number of fused-ring (bicyclic) bond motifs is 1. The number of hydrogen-bond acceptors (Lipinski definition) is 5. The van der Waals surface area contributed by atoms with Crippen LogP contribution in [0, 0.1) is 0 Å². The number of aryl methyl sites for hydroxylation is 1. The molecule has 29 heavy (non-hydrogen) atoms. The zero-order valence-electron chi connectivity index (χ0n) is 17.0. The van der Waals surface area contributed by atoms with Crippen molar-refractivity contribution >= 4 is 21.7 Å². The van der Waals surface area contributed by atoms with Crippen molar-refractivity contribution in [2.45, 2.75) is 57.0 Å². The van der Waals surface area contributed by atoms with Crippen LogP contribution in [0.1, 0.15) is 56.0 Å². The fourth-order valence-corrected chi connectivity index (χ4v) is 4.19. The number of anilines is 1. The van der Waals surface area contributed by atoms with Crippen LogP contribution in [0.2, 0.25) is 0 Å². The highest BCUT2D eigenvalue weighted by Crippen LogP contribution is 2.34. The summed E-state index contributed by atoms with van der Waals surface area (Å²) in [5.74, 6) is 0.316. The molecule has 0 radical (unpaired) electrons. The van der Waals surface area contributed by atoms with E-state index >= 15 is 0 Å². The largest absolute Gasteiger partial charge is 0.488 e. The van der Waals surface area contributed by atoms with Gasteiger partial charge in [0.25, 0.3) is 10.0 Å². The van der Waals surface area contributed by atoms with Crippen molar-refractivity contribution in [2.24, 2.45) is 0 Å². The van der Waals surface area contributed by atoms with Crippen molar-refractivity contribution in [1.29, 1.82) is 0 Å². The topological polar surface area (TPSA) is 81.7 Å². The second kappa shape index (κ2) is 8.45. The van der Waals surface area contributed by atoms with Gasteiger partial charge in [0.15, 0.2) is 0 Å². The lowest BCUT2D eigenvalue weighted by molar-refractivity contribution is 0.0499. The minimum Gasteiger partial charge on any atom is -0.488 e. The fraction of sp³-hybridized carbons (Fsp3) is 0.409. The van der Waals surface area contributed by atoms with Crippen LogP contribution in [0.4, 0.5) is 5.69 Å². The number of hydrogen-bond donors (Lipinski definition) is 1. The van der Waals surface area contributed by atoms with E-state index in [9.17, 15) is 13.2 Å². The van der Waals surface area contributed by atoms with E-state index in [0.717, 1.165) is 37.0 Å². The first-order valence-electron chi connectivity index (χ1n) is 9.82. The van der Waals surface area contributed by atoms with Gasteiger partial charge in [-0.25, -0.2) is 13.2 Å². The van der Waals surface area contributed by atoms with Crippen LogP contribution in [0.15, 0.2) is 47.4 Å². The van der Waals surface area contributed by atoms with Crippen molar-refractivity contribution in [3.05, 3.63) is 53.6 Å². The van der Waals surface area contributed by atoms with E-state index in [0.29, 0.717) is 17.9 Å². The average molecular weight is 418 g/mol. The molecular weight excluding hydrogens is 390 g/mol. The Morgan fingerprint density at radius 3 is 2.59 bits per heavy atom. The molecule has 2 aromatic rings. The van der Waals surface area contributed by atoms with Crippen molar-refractivity contribution < 1.29 is 22.7 Å². The van der Waals surface area contributed by atoms with Gasteiger partial charge in [0.1, 0.15) is 11.4 Å². The summed E-state index contributed by atoms with van der Waals surface area (Å²) in [5.41, 5.74) is 1.41. The molecule has 0 amide bonds. The molecule has 156 valence electrons. The van der Waals surface area contributed by atoms with Gasteiger partial charge in [-0.05, 0) is 81.1 Å². The second-order valence-corrected chi connectivity index (χ2v) is 9.49. The number of carbonyl (C=O) groups is 1. The zero-order valence-corrected chi connectivity index (χ0v) is 17.8. The highest BCUT2D eigenvalue weighted by molar-refractivity contribution is 7.92. The van der Waals surface area contributed by atoms with Gasteiger partial charge in [0, 0.05) is 5.69 Å². The van der Waals surface area contributed by atoms with E-state index in [1.807, 2.05) is 20.8 Å². The predicted octanol–water partition coefficient (Wildman–Crippen LogP) is 4.55. The summed E-state index contributed by atoms with van der Waals surface area (Å²) in [7, 11) is -3.75. The van der Waals surface area contributed by atoms with Gasteiger partial charge < -0.3 is 9.47 Å². The Balaban J connectivity index is 1.70. The Morgan fingerprint density at radius 1 is 1.17 bits per heavy atom. The quantitative estimate of drug-likeness (QED) is 0.528. The number of unbranched alkanes of at least 4 members (excludes halogenated alkanes) is 1. The standard InChI is InChI=1S/C22H27NO5S/c1-4-5-14-27-21(24)16-6-8-18(9-7-16)23-29(25,26)19-10-11-20-17(15-19)12-13-22(2,3)28-20/h6-11,15,23H,4-5,12-14H2,1-3H3. The third-order valence-electron chi connectivity index (χ3n) is 4.83. The van der Waals surface area contributed by atoms with Crippen LogP contribution in [0.25, 0.3) is 0 Å². The lowest BCUT2D eigenvalue weighted by atomic mass is 9.94. The van der Waals surface area contributed by atoms with Crippen LogP contribution < -0.4 is 9.46 Å². The Kier molecular flexibility index (Phi) is 6.17. The van der Waals surface area contributed by atoms with E-state index in [2.05, 4.69) is 4.72 Å². The molecule has 0 saturated heterocycles. The SMILES string of the molecule is CCCCOC(=O)c1ccc(NS(=O)(=O)c2ccc3c(c2)CCC(C)(C)O3)cc1. The maximum absolute atomic E-state index is 12.8. The summed E-state index contributed by atoms with van der Waals surface area (Å²) in [6.07, 6.45) is 3.35. The third-order valence-corrected chi connectivity index (χ3v) is 6.21. The molecule has 0 aliphatic carbocycles. The van der Waals surface area contributed by atoms with Crippen LogP contribution >= 0.6 is 0 Å². The van der Waals surface area contributed by atoms with E-state index in [-0.39, 0.29) is 10.5 Å². The molecule has 6 nitrogen and oxygen atoms in total. The summed E-state index contributed by atoms with van der Waals surface area (Å²) < 4.78 is 39.2. The first-order valence-corrected chi connectivity index (χ1v) is 11.3. The number of benzene rings is 2. The molecular formula is C22H27NO5S. The van der Waals surface area contributed by atoms with Gasteiger partial charge in [0.2, 0.25) is 0 Å². The van der Waals surface area contributed by atoms with Gasteiger partial charge in [-0.2, -0.15) is 0 Å². The molecule has 7 heteroatoms. The Morgan fingerprint density at radius 2 is 1.90 bits per heavy atom. The summed E-state index contributed by atoms with van der Waals surface area (Å²) in [5, 5.41) is 0. The zero-order chi connectivity index (χ0) is 21.1. The van der Waals surface area contributed by atoms with Crippen LogP contribution in [-0.4, -0.2) is 26.6 Å². The number of ether oxygens (including phenoxy) is 2. The van der Waals surface area contributed by atoms with E-state index in [1.54, 1.807) is 42.5 Å². The first kappa shape index (κ1) is 21.2. The van der Waals surface area contributed by atoms with Gasteiger partial charge in [-0.15, -0.1) is 0 Å². The van der Waals surface area contributed by atoms with Crippen molar-refractivity contribution in [3.63, 3.8) is 0 Å². The number of rotatable bonds is 7. The Labute approximate surface area is 172 Å². The highest BCUT2D eigenvalue weighted by Gasteiger charge is 2.27. The van der Waals surface area contributed by atoms with E-state index < -0.39 is 16.0 Å². The summed E-state index contributed by atoms with van der Waals surface area (Å²) in [6.45, 7) is 6.44. The van der Waals surface area contributed by atoms with E-state index in [4.69, 9.17) is 9.47 Å². The summed E-state index contributed by atoms with van der Waals surface area (Å²) in [4.78, 5) is 12.1. The fourth-order valence-electron chi connectivity index (χ4n) is 3.08. The molecule has 1 aliphatic heterocycles. The minimum absolute atomic E-state index is 0.183. The van der Waals surface area contributed by atoms with Crippen LogP contribution in [-0.2, 0) is 21.2 Å². The minimum atomic E-state index is -3.75. The van der Waals surface area contributed by atoms with Gasteiger partial charge in [-0.3, -0.25) is 4.72 Å². The molecule has 0 atom stereocenters. The number of nitrogens with one attached hydrogen (secondary N) is 1. The molecule has 0 fully saturated rings. The van der Waals surface area contributed by atoms with Crippen molar-refractivity contribution in [1.82, 2.24) is 0 Å². The Bertz CT molecular complexity index is 981. The molecule has 2 aromatic carbocycles. The van der Waals surface area contributed by atoms with Crippen LogP contribution in [0.5, 0.6) is 5.75 Å². The summed E-state index contributed by atoms with van der Waals surface area (Å²) >= 11 is 0. The van der Waals surface area contributed by atoms with Crippen molar-refractivity contribution in [3.8, 4) is 5.75 Å². The smallest absolute Gasteiger partial charge is 0.338 e.